The summed E-state index contributed by atoms with van der Waals surface area (Å²) in [6.07, 6.45) is 0.293. The molecule has 0 fully saturated rings. The Morgan fingerprint density at radius 1 is 1.27 bits per heavy atom. The number of aliphatic carboxylic acids is 1. The third-order valence-corrected chi connectivity index (χ3v) is 3.49. The van der Waals surface area contributed by atoms with E-state index in [1.165, 1.54) is 16.8 Å². The molecule has 2 aromatic rings. The molecule has 22 heavy (non-hydrogen) atoms. The van der Waals surface area contributed by atoms with E-state index in [1.54, 1.807) is 6.92 Å². The van der Waals surface area contributed by atoms with Gasteiger partial charge in [-0.3, -0.25) is 4.68 Å². The van der Waals surface area contributed by atoms with E-state index in [-0.39, 0.29) is 12.5 Å². The summed E-state index contributed by atoms with van der Waals surface area (Å²) in [6, 6.07) is 3.35. The lowest BCUT2D eigenvalue weighted by Gasteiger charge is -2.08. The molecule has 0 amide bonds. The second-order valence-electron chi connectivity index (χ2n) is 5.59. The summed E-state index contributed by atoms with van der Waals surface area (Å²) < 4.78 is 28.0. The van der Waals surface area contributed by atoms with E-state index in [1.807, 2.05) is 13.8 Å². The van der Waals surface area contributed by atoms with E-state index in [0.29, 0.717) is 17.7 Å². The first kappa shape index (κ1) is 16.1. The van der Waals surface area contributed by atoms with Crippen molar-refractivity contribution in [1.82, 2.24) is 9.78 Å². The van der Waals surface area contributed by atoms with E-state index in [2.05, 4.69) is 5.10 Å². The molecule has 118 valence electrons. The van der Waals surface area contributed by atoms with Crippen LogP contribution in [0.1, 0.15) is 42.3 Å². The fourth-order valence-electron chi connectivity index (χ4n) is 2.48. The Morgan fingerprint density at radius 3 is 2.36 bits per heavy atom. The summed E-state index contributed by atoms with van der Waals surface area (Å²) in [5, 5.41) is 15.1. The molecule has 0 bridgehead atoms. The normalized spacial score (nSPS) is 11.2. The molecule has 1 heterocycles. The van der Waals surface area contributed by atoms with Crippen LogP contribution < -0.4 is 5.11 Å². The molecule has 0 radical (unpaired) electrons. The van der Waals surface area contributed by atoms with Crippen LogP contribution in [-0.2, 0) is 17.8 Å². The molecule has 0 aliphatic heterocycles. The third-order valence-electron chi connectivity index (χ3n) is 3.49. The lowest BCUT2D eigenvalue weighted by Crippen LogP contribution is -2.28. The molecule has 0 aliphatic rings. The molecule has 0 N–H and O–H groups in total. The van der Waals surface area contributed by atoms with Crippen molar-refractivity contribution in [3.63, 3.8) is 0 Å². The topological polar surface area (TPSA) is 58.0 Å². The van der Waals surface area contributed by atoms with Gasteiger partial charge >= 0.3 is 0 Å². The minimum atomic E-state index is -1.23. The number of halogens is 2. The van der Waals surface area contributed by atoms with Gasteiger partial charge in [0, 0.05) is 23.7 Å². The Morgan fingerprint density at radius 2 is 1.86 bits per heavy atom. The minimum absolute atomic E-state index is 0.0649. The van der Waals surface area contributed by atoms with Gasteiger partial charge in [-0.05, 0) is 30.5 Å². The lowest BCUT2D eigenvalue weighted by atomic mass is 9.98. The van der Waals surface area contributed by atoms with Gasteiger partial charge in [-0.2, -0.15) is 5.10 Å². The first-order valence-corrected chi connectivity index (χ1v) is 6.99. The van der Waals surface area contributed by atoms with Crippen molar-refractivity contribution in [2.75, 3.05) is 0 Å². The van der Waals surface area contributed by atoms with Crippen LogP contribution >= 0.6 is 0 Å². The van der Waals surface area contributed by atoms with Gasteiger partial charge in [0.1, 0.15) is 11.6 Å². The molecule has 0 unspecified atom stereocenters. The Balaban J connectivity index is 2.44. The SMILES string of the molecule is Cc1c(Cc2cc(F)cc(F)c2)c(C(C)C)nn1CC(=O)[O-]. The largest absolute Gasteiger partial charge is 0.548 e. The second-order valence-corrected chi connectivity index (χ2v) is 5.59. The number of carbonyl (C=O) groups is 1. The first-order valence-electron chi connectivity index (χ1n) is 6.99. The molecular weight excluding hydrogens is 290 g/mol. The number of aromatic nitrogens is 2. The van der Waals surface area contributed by atoms with E-state index in [9.17, 15) is 18.7 Å². The maximum absolute atomic E-state index is 13.3. The summed E-state index contributed by atoms with van der Waals surface area (Å²) >= 11 is 0. The minimum Gasteiger partial charge on any atom is -0.548 e. The van der Waals surface area contributed by atoms with E-state index in [0.717, 1.165) is 17.3 Å². The van der Waals surface area contributed by atoms with Gasteiger partial charge in [-0.1, -0.05) is 13.8 Å². The fourth-order valence-corrected chi connectivity index (χ4v) is 2.48. The van der Waals surface area contributed by atoms with Crippen LogP contribution in [0.25, 0.3) is 0 Å². The zero-order chi connectivity index (χ0) is 16.4. The van der Waals surface area contributed by atoms with Crippen molar-refractivity contribution in [3.05, 3.63) is 52.3 Å². The van der Waals surface area contributed by atoms with Crippen LogP contribution in [0.15, 0.2) is 18.2 Å². The monoisotopic (exact) mass is 307 g/mol. The third kappa shape index (κ3) is 3.50. The van der Waals surface area contributed by atoms with Gasteiger partial charge in [-0.25, -0.2) is 8.78 Å². The van der Waals surface area contributed by atoms with Crippen molar-refractivity contribution in [2.24, 2.45) is 0 Å². The standard InChI is InChI=1S/C16H18F2N2O2/c1-9(2)16-14(10(3)20(19-16)8-15(21)22)6-11-4-12(17)7-13(18)5-11/h4-5,7,9H,6,8H2,1-3H3,(H,21,22)/p-1. The number of hydrogen-bond donors (Lipinski definition) is 0. The summed E-state index contributed by atoms with van der Waals surface area (Å²) in [5.41, 5.74) is 2.66. The molecule has 1 aromatic carbocycles. The van der Waals surface area contributed by atoms with Crippen molar-refractivity contribution < 1.29 is 18.7 Å². The predicted molar refractivity (Wildman–Crippen MR) is 75.2 cm³/mol. The van der Waals surface area contributed by atoms with Crippen LogP contribution in [0.5, 0.6) is 0 Å². The number of hydrogen-bond acceptors (Lipinski definition) is 3. The highest BCUT2D eigenvalue weighted by atomic mass is 19.1. The zero-order valence-electron chi connectivity index (χ0n) is 12.7. The molecule has 1 aromatic heterocycles. The van der Waals surface area contributed by atoms with Crippen molar-refractivity contribution in [2.45, 2.75) is 39.7 Å². The van der Waals surface area contributed by atoms with Gasteiger partial charge in [0.2, 0.25) is 0 Å². The highest BCUT2D eigenvalue weighted by Crippen LogP contribution is 2.25. The highest BCUT2D eigenvalue weighted by molar-refractivity contribution is 5.64. The van der Waals surface area contributed by atoms with Gasteiger partial charge in [-0.15, -0.1) is 0 Å². The number of rotatable bonds is 5. The zero-order valence-corrected chi connectivity index (χ0v) is 12.7. The molecule has 0 aliphatic carbocycles. The Labute approximate surface area is 127 Å². The maximum atomic E-state index is 13.3. The van der Waals surface area contributed by atoms with Crippen molar-refractivity contribution in [1.29, 1.82) is 0 Å². The number of benzene rings is 1. The van der Waals surface area contributed by atoms with E-state index < -0.39 is 17.6 Å². The summed E-state index contributed by atoms with van der Waals surface area (Å²) in [5.74, 6) is -2.44. The van der Waals surface area contributed by atoms with Crippen molar-refractivity contribution in [3.8, 4) is 0 Å². The molecule has 4 nitrogen and oxygen atoms in total. The van der Waals surface area contributed by atoms with Gasteiger partial charge in [0.15, 0.2) is 0 Å². The van der Waals surface area contributed by atoms with Crippen LogP contribution in [0.2, 0.25) is 0 Å². The number of carboxylic acid groups (broad SMARTS) is 1. The van der Waals surface area contributed by atoms with Gasteiger partial charge in [0.05, 0.1) is 18.2 Å². The lowest BCUT2D eigenvalue weighted by molar-refractivity contribution is -0.306. The average Bonchev–Trinajstić information content (AvgIpc) is 2.66. The summed E-state index contributed by atoms with van der Waals surface area (Å²) in [7, 11) is 0. The molecule has 6 heteroatoms. The molecular formula is C16H17F2N2O2-. The molecule has 0 saturated heterocycles. The molecule has 0 saturated carbocycles. The summed E-state index contributed by atoms with van der Waals surface area (Å²) in [4.78, 5) is 10.8. The molecule has 0 spiro atoms. The van der Waals surface area contributed by atoms with Gasteiger partial charge < -0.3 is 9.90 Å². The second kappa shape index (κ2) is 6.25. The van der Waals surface area contributed by atoms with Gasteiger partial charge in [0.25, 0.3) is 0 Å². The van der Waals surface area contributed by atoms with Crippen molar-refractivity contribution >= 4 is 5.97 Å². The predicted octanol–water partition coefficient (Wildman–Crippen LogP) is 1.93. The first-order chi connectivity index (χ1) is 10.3. The van der Waals surface area contributed by atoms with Crippen LogP contribution in [0, 0.1) is 18.6 Å². The molecule has 2 rings (SSSR count). The number of nitrogens with zero attached hydrogens (tertiary/aromatic N) is 2. The Bertz CT molecular complexity index is 688. The Kier molecular flexibility index (Phi) is 4.59. The van der Waals surface area contributed by atoms with Crippen LogP contribution in [-0.4, -0.2) is 15.7 Å². The van der Waals surface area contributed by atoms with Crippen LogP contribution in [0.4, 0.5) is 8.78 Å². The van der Waals surface area contributed by atoms with E-state index in [4.69, 9.17) is 0 Å². The summed E-state index contributed by atoms with van der Waals surface area (Å²) in [6.45, 7) is 5.26. The number of carboxylic acids is 1. The van der Waals surface area contributed by atoms with Crippen LogP contribution in [0.3, 0.4) is 0 Å². The number of carbonyl (C=O) groups excluding carboxylic acids is 1. The van der Waals surface area contributed by atoms with E-state index >= 15 is 0 Å². The molecule has 0 atom stereocenters. The fraction of sp³-hybridized carbons (Fsp3) is 0.375. The Hall–Kier alpha value is -2.24. The highest BCUT2D eigenvalue weighted by Gasteiger charge is 2.18. The quantitative estimate of drug-likeness (QED) is 0.848. The average molecular weight is 307 g/mol. The maximum Gasteiger partial charge on any atom is 0.126 e. The smallest absolute Gasteiger partial charge is 0.126 e.